The fourth-order valence-electron chi connectivity index (χ4n) is 2.00. The Morgan fingerprint density at radius 3 is 2.93 bits per heavy atom. The van der Waals surface area contributed by atoms with E-state index in [1.165, 1.54) is 0 Å². The van der Waals surface area contributed by atoms with Gasteiger partial charge in [0.1, 0.15) is 5.75 Å². The first-order chi connectivity index (χ1) is 7.16. The largest absolute Gasteiger partial charge is 0.508 e. The minimum atomic E-state index is -2.29. The number of hydrogen-bond donors (Lipinski definition) is 1. The van der Waals surface area contributed by atoms with E-state index in [4.69, 9.17) is 0 Å². The van der Waals surface area contributed by atoms with Crippen molar-refractivity contribution in [3.05, 3.63) is 29.3 Å². The van der Waals surface area contributed by atoms with Gasteiger partial charge in [-0.1, -0.05) is 12.1 Å². The molecule has 0 unspecified atom stereocenters. The summed E-state index contributed by atoms with van der Waals surface area (Å²) in [6.45, 7) is 0.915. The molecule has 1 aromatic carbocycles. The quantitative estimate of drug-likeness (QED) is 0.812. The molecule has 1 N–H and O–H groups in total. The van der Waals surface area contributed by atoms with Gasteiger partial charge in [0.25, 0.3) is 6.43 Å². The molecule has 0 amide bonds. The van der Waals surface area contributed by atoms with Gasteiger partial charge in [-0.2, -0.15) is 0 Å². The van der Waals surface area contributed by atoms with Gasteiger partial charge in [0.15, 0.2) is 0 Å². The molecule has 15 heavy (non-hydrogen) atoms. The number of aromatic hydroxyl groups is 1. The van der Waals surface area contributed by atoms with E-state index in [2.05, 4.69) is 0 Å². The normalized spacial score (nSPS) is 16.7. The Bertz CT molecular complexity index is 354. The van der Waals surface area contributed by atoms with Crippen LogP contribution in [0.4, 0.5) is 8.78 Å². The molecule has 1 aliphatic heterocycles. The fourth-order valence-corrected chi connectivity index (χ4v) is 2.00. The van der Waals surface area contributed by atoms with Crippen molar-refractivity contribution in [3.63, 3.8) is 0 Å². The molecule has 0 atom stereocenters. The highest BCUT2D eigenvalue weighted by Crippen LogP contribution is 2.26. The first-order valence-electron chi connectivity index (χ1n) is 4.97. The van der Waals surface area contributed by atoms with Crippen LogP contribution in [0.5, 0.6) is 5.75 Å². The van der Waals surface area contributed by atoms with Crippen molar-refractivity contribution in [2.75, 3.05) is 13.1 Å². The molecule has 0 bridgehead atoms. The van der Waals surface area contributed by atoms with Crippen LogP contribution in [0.1, 0.15) is 11.1 Å². The Morgan fingerprint density at radius 1 is 1.40 bits per heavy atom. The lowest BCUT2D eigenvalue weighted by molar-refractivity contribution is 0.0818. The molecule has 2 nitrogen and oxygen atoms in total. The molecule has 0 saturated carbocycles. The number of alkyl halides is 2. The van der Waals surface area contributed by atoms with E-state index in [1.54, 1.807) is 17.0 Å². The van der Waals surface area contributed by atoms with E-state index >= 15 is 0 Å². The molecule has 1 aliphatic rings. The van der Waals surface area contributed by atoms with Crippen molar-refractivity contribution < 1.29 is 13.9 Å². The zero-order valence-corrected chi connectivity index (χ0v) is 8.29. The molecular formula is C11H13F2NO. The van der Waals surface area contributed by atoms with Gasteiger partial charge in [0, 0.05) is 13.1 Å². The highest BCUT2D eigenvalue weighted by molar-refractivity contribution is 5.40. The second-order valence-electron chi connectivity index (χ2n) is 3.79. The van der Waals surface area contributed by atoms with Gasteiger partial charge in [0.05, 0.1) is 6.54 Å². The number of nitrogens with zero attached hydrogens (tertiary/aromatic N) is 1. The second kappa shape index (κ2) is 4.14. The van der Waals surface area contributed by atoms with Gasteiger partial charge in [-0.05, 0) is 23.6 Å². The first-order valence-corrected chi connectivity index (χ1v) is 4.97. The van der Waals surface area contributed by atoms with Gasteiger partial charge in [-0.25, -0.2) is 8.78 Å². The number of halogens is 2. The smallest absolute Gasteiger partial charge is 0.251 e. The molecule has 0 saturated heterocycles. The SMILES string of the molecule is Oc1cccc2c1CCN(CC(F)F)C2. The summed E-state index contributed by atoms with van der Waals surface area (Å²) >= 11 is 0. The van der Waals surface area contributed by atoms with Crippen LogP contribution in [0, 0.1) is 0 Å². The van der Waals surface area contributed by atoms with Crippen LogP contribution < -0.4 is 0 Å². The van der Waals surface area contributed by atoms with Crippen molar-refractivity contribution in [1.82, 2.24) is 4.90 Å². The van der Waals surface area contributed by atoms with E-state index in [1.807, 2.05) is 6.07 Å². The number of fused-ring (bicyclic) bond motifs is 1. The number of benzene rings is 1. The Kier molecular flexibility index (Phi) is 2.86. The van der Waals surface area contributed by atoms with E-state index in [0.29, 0.717) is 19.5 Å². The van der Waals surface area contributed by atoms with Crippen molar-refractivity contribution in [3.8, 4) is 5.75 Å². The molecule has 82 valence electrons. The fraction of sp³-hybridized carbons (Fsp3) is 0.455. The molecule has 1 aromatic rings. The van der Waals surface area contributed by atoms with Crippen molar-refractivity contribution in [2.45, 2.75) is 19.4 Å². The summed E-state index contributed by atoms with van der Waals surface area (Å²) in [6.07, 6.45) is -1.64. The predicted octanol–water partition coefficient (Wildman–Crippen LogP) is 2.02. The summed E-state index contributed by atoms with van der Waals surface area (Å²) < 4.78 is 24.4. The number of phenolic OH excluding ortho intramolecular Hbond substituents is 1. The van der Waals surface area contributed by atoms with E-state index in [9.17, 15) is 13.9 Å². The first kappa shape index (κ1) is 10.4. The van der Waals surface area contributed by atoms with Crippen molar-refractivity contribution >= 4 is 0 Å². The zero-order chi connectivity index (χ0) is 10.8. The standard InChI is InChI=1S/C11H13F2NO/c12-11(13)7-14-5-4-9-8(6-14)2-1-3-10(9)15/h1-3,11,15H,4-7H2. The summed E-state index contributed by atoms with van der Waals surface area (Å²) in [7, 11) is 0. The van der Waals surface area contributed by atoms with Crippen LogP contribution >= 0.6 is 0 Å². The van der Waals surface area contributed by atoms with Crippen LogP contribution in [0.2, 0.25) is 0 Å². The lowest BCUT2D eigenvalue weighted by Gasteiger charge is -2.28. The van der Waals surface area contributed by atoms with E-state index in [-0.39, 0.29) is 12.3 Å². The molecule has 0 aromatic heterocycles. The molecule has 0 radical (unpaired) electrons. The average molecular weight is 213 g/mol. The Morgan fingerprint density at radius 2 is 2.20 bits per heavy atom. The minimum absolute atomic E-state index is 0.185. The minimum Gasteiger partial charge on any atom is -0.508 e. The average Bonchev–Trinajstić information content (AvgIpc) is 2.17. The molecular weight excluding hydrogens is 200 g/mol. The Hall–Kier alpha value is -1.16. The maximum absolute atomic E-state index is 12.2. The molecule has 1 heterocycles. The highest BCUT2D eigenvalue weighted by Gasteiger charge is 2.20. The third-order valence-electron chi connectivity index (χ3n) is 2.72. The maximum atomic E-state index is 12.2. The summed E-state index contributed by atoms with van der Waals surface area (Å²) in [5.74, 6) is 0.282. The monoisotopic (exact) mass is 213 g/mol. The van der Waals surface area contributed by atoms with Gasteiger partial charge < -0.3 is 5.11 Å². The molecule has 2 rings (SSSR count). The summed E-state index contributed by atoms with van der Waals surface area (Å²) in [4.78, 5) is 1.71. The number of hydrogen-bond acceptors (Lipinski definition) is 2. The number of rotatable bonds is 2. The van der Waals surface area contributed by atoms with Crippen molar-refractivity contribution in [1.29, 1.82) is 0 Å². The van der Waals surface area contributed by atoms with E-state index in [0.717, 1.165) is 11.1 Å². The second-order valence-corrected chi connectivity index (χ2v) is 3.79. The van der Waals surface area contributed by atoms with Gasteiger partial charge in [-0.3, -0.25) is 4.90 Å². The van der Waals surface area contributed by atoms with Crippen LogP contribution in [0.3, 0.4) is 0 Å². The van der Waals surface area contributed by atoms with Crippen molar-refractivity contribution in [2.24, 2.45) is 0 Å². The van der Waals surface area contributed by atoms with E-state index < -0.39 is 6.43 Å². The van der Waals surface area contributed by atoms with Crippen LogP contribution in [-0.2, 0) is 13.0 Å². The van der Waals surface area contributed by atoms with Gasteiger partial charge >= 0.3 is 0 Å². The number of phenols is 1. The Labute approximate surface area is 87.1 Å². The highest BCUT2D eigenvalue weighted by atomic mass is 19.3. The predicted molar refractivity (Wildman–Crippen MR) is 53.1 cm³/mol. The summed E-state index contributed by atoms with van der Waals surface area (Å²) in [5, 5.41) is 9.56. The molecule has 0 spiro atoms. The topological polar surface area (TPSA) is 23.5 Å². The van der Waals surface area contributed by atoms with Crippen LogP contribution in [0.25, 0.3) is 0 Å². The lowest BCUT2D eigenvalue weighted by atomic mass is 9.99. The van der Waals surface area contributed by atoms with Crippen LogP contribution in [-0.4, -0.2) is 29.5 Å². The molecule has 0 fully saturated rings. The Balaban J connectivity index is 2.13. The summed E-state index contributed by atoms with van der Waals surface area (Å²) in [6, 6.07) is 5.27. The van der Waals surface area contributed by atoms with Gasteiger partial charge in [0.2, 0.25) is 0 Å². The third kappa shape index (κ3) is 2.26. The van der Waals surface area contributed by atoms with Gasteiger partial charge in [-0.15, -0.1) is 0 Å². The maximum Gasteiger partial charge on any atom is 0.251 e. The zero-order valence-electron chi connectivity index (χ0n) is 8.29. The van der Waals surface area contributed by atoms with Crippen LogP contribution in [0.15, 0.2) is 18.2 Å². The third-order valence-corrected chi connectivity index (χ3v) is 2.72. The molecule has 4 heteroatoms. The molecule has 0 aliphatic carbocycles. The lowest BCUT2D eigenvalue weighted by Crippen LogP contribution is -2.34. The summed E-state index contributed by atoms with van der Waals surface area (Å²) in [5.41, 5.74) is 1.87.